The van der Waals surface area contributed by atoms with Gasteiger partial charge in [-0.05, 0) is 43.1 Å². The molecular formula is C15H19N3O2. The summed E-state index contributed by atoms with van der Waals surface area (Å²) in [5.74, 6) is 1.29. The summed E-state index contributed by atoms with van der Waals surface area (Å²) in [6.07, 6.45) is 1.77. The molecule has 106 valence electrons. The van der Waals surface area contributed by atoms with Crippen molar-refractivity contribution in [1.82, 2.24) is 15.5 Å². The minimum absolute atomic E-state index is 0.588. The van der Waals surface area contributed by atoms with Crippen LogP contribution < -0.4 is 5.32 Å². The molecule has 5 nitrogen and oxygen atoms in total. The van der Waals surface area contributed by atoms with Crippen molar-refractivity contribution in [3.05, 3.63) is 35.2 Å². The quantitative estimate of drug-likeness (QED) is 0.844. The molecule has 1 aromatic heterocycles. The van der Waals surface area contributed by atoms with Crippen LogP contribution in [0, 0.1) is 0 Å². The highest BCUT2D eigenvalue weighted by atomic mass is 16.5. The zero-order valence-corrected chi connectivity index (χ0v) is 11.7. The van der Waals surface area contributed by atoms with Gasteiger partial charge in [-0.2, -0.15) is 4.98 Å². The first-order chi connectivity index (χ1) is 9.86. The molecule has 0 unspecified atom stereocenters. The number of fused-ring (bicyclic) bond motifs is 1. The Morgan fingerprint density at radius 3 is 3.20 bits per heavy atom. The third kappa shape index (κ3) is 2.89. The van der Waals surface area contributed by atoms with Crippen molar-refractivity contribution in [3.63, 3.8) is 0 Å². The van der Waals surface area contributed by atoms with Gasteiger partial charge in [0.1, 0.15) is 0 Å². The van der Waals surface area contributed by atoms with Crippen LogP contribution in [0.4, 0.5) is 0 Å². The molecule has 1 aliphatic heterocycles. The highest BCUT2D eigenvalue weighted by molar-refractivity contribution is 5.56. The molecule has 1 aliphatic rings. The molecule has 3 rings (SSSR count). The van der Waals surface area contributed by atoms with E-state index in [1.54, 1.807) is 0 Å². The zero-order chi connectivity index (χ0) is 13.8. The van der Waals surface area contributed by atoms with Crippen LogP contribution in [0.25, 0.3) is 11.5 Å². The summed E-state index contributed by atoms with van der Waals surface area (Å²) in [5.41, 5.74) is 3.72. The van der Waals surface area contributed by atoms with Crippen molar-refractivity contribution in [2.45, 2.75) is 26.3 Å². The molecule has 0 atom stereocenters. The second kappa shape index (κ2) is 6.15. The van der Waals surface area contributed by atoms with Crippen LogP contribution in [-0.2, 0) is 24.1 Å². The number of hydrogen-bond donors (Lipinski definition) is 1. The minimum atomic E-state index is 0.588. The van der Waals surface area contributed by atoms with Gasteiger partial charge in [-0.3, -0.25) is 0 Å². The topological polar surface area (TPSA) is 60.2 Å². The van der Waals surface area contributed by atoms with Crippen molar-refractivity contribution in [3.8, 4) is 11.5 Å². The summed E-state index contributed by atoms with van der Waals surface area (Å²) in [7, 11) is 0. The molecule has 1 aromatic carbocycles. The predicted octanol–water partition coefficient (Wildman–Crippen LogP) is 1.96. The summed E-state index contributed by atoms with van der Waals surface area (Å²) in [6.45, 7) is 5.28. The highest BCUT2D eigenvalue weighted by Crippen LogP contribution is 2.23. The zero-order valence-electron chi connectivity index (χ0n) is 11.7. The van der Waals surface area contributed by atoms with Crippen LogP contribution in [0.3, 0.4) is 0 Å². The van der Waals surface area contributed by atoms with Crippen LogP contribution >= 0.6 is 0 Å². The largest absolute Gasteiger partial charge is 0.381 e. The van der Waals surface area contributed by atoms with Gasteiger partial charge in [-0.15, -0.1) is 0 Å². The van der Waals surface area contributed by atoms with Gasteiger partial charge in [0, 0.05) is 25.1 Å². The van der Waals surface area contributed by atoms with Crippen LogP contribution in [0.2, 0.25) is 0 Å². The van der Waals surface area contributed by atoms with E-state index in [0.29, 0.717) is 31.3 Å². The summed E-state index contributed by atoms with van der Waals surface area (Å²) >= 11 is 0. The maximum atomic E-state index is 5.34. The van der Waals surface area contributed by atoms with Crippen molar-refractivity contribution in [2.24, 2.45) is 0 Å². The number of ether oxygens (including phenoxy) is 1. The van der Waals surface area contributed by atoms with Crippen molar-refractivity contribution >= 4 is 0 Å². The van der Waals surface area contributed by atoms with Gasteiger partial charge >= 0.3 is 0 Å². The first-order valence-corrected chi connectivity index (χ1v) is 7.10. The fourth-order valence-electron chi connectivity index (χ4n) is 2.39. The Bertz CT molecular complexity index is 580. The number of aromatic nitrogens is 2. The minimum Gasteiger partial charge on any atom is -0.381 e. The van der Waals surface area contributed by atoms with Crippen molar-refractivity contribution in [2.75, 3.05) is 19.8 Å². The molecule has 0 amide bonds. The van der Waals surface area contributed by atoms with Crippen LogP contribution in [0.15, 0.2) is 22.7 Å². The van der Waals surface area contributed by atoms with E-state index in [2.05, 4.69) is 33.7 Å². The Labute approximate surface area is 118 Å². The van der Waals surface area contributed by atoms with Gasteiger partial charge in [-0.25, -0.2) is 0 Å². The van der Waals surface area contributed by atoms with Gasteiger partial charge in [0.05, 0.1) is 6.61 Å². The molecule has 0 spiro atoms. The molecular weight excluding hydrogens is 254 g/mol. The SMILES string of the molecule is CCOCCc1noc(-c2ccc3c(c2)CNCC3)n1. The molecule has 5 heteroatoms. The molecule has 2 aromatic rings. The van der Waals surface area contributed by atoms with E-state index < -0.39 is 0 Å². The molecule has 1 N–H and O–H groups in total. The lowest BCUT2D eigenvalue weighted by Crippen LogP contribution is -2.23. The molecule has 2 heterocycles. The Balaban J connectivity index is 1.75. The number of benzene rings is 1. The number of nitrogens with zero attached hydrogens (tertiary/aromatic N) is 2. The Morgan fingerprint density at radius 2 is 2.30 bits per heavy atom. The number of nitrogens with one attached hydrogen (secondary N) is 1. The Hall–Kier alpha value is -1.72. The van der Waals surface area contributed by atoms with Crippen LogP contribution in [0.5, 0.6) is 0 Å². The standard InChI is InChI=1S/C15H19N3O2/c1-2-19-8-6-14-17-15(20-18-14)12-4-3-11-5-7-16-10-13(11)9-12/h3-4,9,16H,2,5-8,10H2,1H3. The van der Waals surface area contributed by atoms with E-state index in [1.807, 2.05) is 6.92 Å². The lowest BCUT2D eigenvalue weighted by molar-refractivity contribution is 0.149. The molecule has 0 saturated heterocycles. The molecule has 0 bridgehead atoms. The maximum Gasteiger partial charge on any atom is 0.257 e. The molecule has 20 heavy (non-hydrogen) atoms. The predicted molar refractivity (Wildman–Crippen MR) is 75.3 cm³/mol. The summed E-state index contributed by atoms with van der Waals surface area (Å²) in [5, 5.41) is 7.37. The van der Waals surface area contributed by atoms with E-state index in [9.17, 15) is 0 Å². The van der Waals surface area contributed by atoms with E-state index in [1.165, 1.54) is 11.1 Å². The first-order valence-electron chi connectivity index (χ1n) is 7.10. The van der Waals surface area contributed by atoms with Gasteiger partial charge < -0.3 is 14.6 Å². The number of hydrogen-bond acceptors (Lipinski definition) is 5. The second-order valence-corrected chi connectivity index (χ2v) is 4.87. The first kappa shape index (κ1) is 13.3. The second-order valence-electron chi connectivity index (χ2n) is 4.87. The van der Waals surface area contributed by atoms with Gasteiger partial charge in [0.25, 0.3) is 5.89 Å². The molecule has 0 saturated carbocycles. The van der Waals surface area contributed by atoms with Crippen molar-refractivity contribution in [1.29, 1.82) is 0 Å². The van der Waals surface area contributed by atoms with Gasteiger partial charge in [0.15, 0.2) is 5.82 Å². The van der Waals surface area contributed by atoms with Gasteiger partial charge in [-0.1, -0.05) is 11.2 Å². The number of rotatable bonds is 5. The van der Waals surface area contributed by atoms with E-state index in [-0.39, 0.29) is 0 Å². The normalized spacial score (nSPS) is 14.2. The fourth-order valence-corrected chi connectivity index (χ4v) is 2.39. The van der Waals surface area contributed by atoms with Gasteiger partial charge in [0.2, 0.25) is 0 Å². The summed E-state index contributed by atoms with van der Waals surface area (Å²) in [4.78, 5) is 4.42. The maximum absolute atomic E-state index is 5.34. The van der Waals surface area contributed by atoms with E-state index in [0.717, 1.165) is 25.1 Å². The van der Waals surface area contributed by atoms with E-state index >= 15 is 0 Å². The third-order valence-corrected chi connectivity index (χ3v) is 3.48. The van der Waals surface area contributed by atoms with Crippen LogP contribution in [-0.4, -0.2) is 29.9 Å². The van der Waals surface area contributed by atoms with E-state index in [4.69, 9.17) is 9.26 Å². The smallest absolute Gasteiger partial charge is 0.257 e. The summed E-state index contributed by atoms with van der Waals surface area (Å²) < 4.78 is 10.6. The van der Waals surface area contributed by atoms with Crippen molar-refractivity contribution < 1.29 is 9.26 Å². The average molecular weight is 273 g/mol. The highest BCUT2D eigenvalue weighted by Gasteiger charge is 2.13. The Kier molecular flexibility index (Phi) is 4.08. The molecule has 0 aliphatic carbocycles. The third-order valence-electron chi connectivity index (χ3n) is 3.48. The fraction of sp³-hybridized carbons (Fsp3) is 0.467. The Morgan fingerprint density at radius 1 is 1.35 bits per heavy atom. The van der Waals surface area contributed by atoms with Crippen LogP contribution in [0.1, 0.15) is 23.9 Å². The average Bonchev–Trinajstić information content (AvgIpc) is 2.96. The molecule has 0 radical (unpaired) electrons. The lowest BCUT2D eigenvalue weighted by atomic mass is 9.98. The monoisotopic (exact) mass is 273 g/mol. The molecule has 0 fully saturated rings. The lowest BCUT2D eigenvalue weighted by Gasteiger charge is -2.16. The summed E-state index contributed by atoms with van der Waals surface area (Å²) in [6, 6.07) is 6.36.